The molecule has 0 spiro atoms. The van der Waals surface area contributed by atoms with Gasteiger partial charge >= 0.3 is 5.69 Å². The molecule has 1 aromatic heterocycles. The summed E-state index contributed by atoms with van der Waals surface area (Å²) in [5.74, 6) is -10.7. The van der Waals surface area contributed by atoms with Gasteiger partial charge in [0.2, 0.25) is 5.82 Å². The van der Waals surface area contributed by atoms with Crippen LogP contribution in [0.4, 0.5) is 33.5 Å². The molecular formula is C16H17F5N4O2. The molecule has 0 aliphatic rings. The monoisotopic (exact) mass is 392 g/mol. The lowest BCUT2D eigenvalue weighted by Crippen LogP contribution is -2.37. The summed E-state index contributed by atoms with van der Waals surface area (Å²) in [6.45, 7) is 1.20. The molecule has 0 unspecified atom stereocenters. The second-order valence-electron chi connectivity index (χ2n) is 5.90. The average molecular weight is 392 g/mol. The number of hydrogen-bond donors (Lipinski definition) is 2. The number of anilines is 2. The second-order valence-corrected chi connectivity index (χ2v) is 5.90. The molecule has 2 aromatic rings. The lowest BCUT2D eigenvalue weighted by molar-refractivity contribution is 0.369. The van der Waals surface area contributed by atoms with Crippen molar-refractivity contribution in [2.45, 2.75) is 32.9 Å². The highest BCUT2D eigenvalue weighted by molar-refractivity contribution is 5.62. The molecule has 0 atom stereocenters. The number of nitrogens with zero attached hydrogens (tertiary/aromatic N) is 2. The number of rotatable bonds is 6. The van der Waals surface area contributed by atoms with Crippen LogP contribution in [-0.4, -0.2) is 16.6 Å². The minimum atomic E-state index is -2.28. The Bertz CT molecular complexity index is 957. The van der Waals surface area contributed by atoms with E-state index in [-0.39, 0.29) is 18.1 Å². The van der Waals surface area contributed by atoms with Gasteiger partial charge in [0.25, 0.3) is 5.56 Å². The largest absolute Gasteiger partial charge is 0.383 e. The molecule has 148 valence electrons. The predicted octanol–water partition coefficient (Wildman–Crippen LogP) is 2.25. The summed E-state index contributed by atoms with van der Waals surface area (Å²) in [6, 6.07) is 0. The van der Waals surface area contributed by atoms with E-state index in [9.17, 15) is 31.5 Å². The summed E-state index contributed by atoms with van der Waals surface area (Å²) in [6.07, 6.45) is 1.29. The maximum atomic E-state index is 13.9. The van der Waals surface area contributed by atoms with Crippen LogP contribution in [0.1, 0.15) is 25.3 Å². The van der Waals surface area contributed by atoms with Crippen molar-refractivity contribution in [2.24, 2.45) is 0 Å². The number of aromatic amines is 1. The highest BCUT2D eigenvalue weighted by atomic mass is 19.2. The Labute approximate surface area is 150 Å². The first-order valence-electron chi connectivity index (χ1n) is 7.95. The molecular weight excluding hydrogens is 375 g/mol. The zero-order chi connectivity index (χ0) is 20.5. The molecule has 0 saturated heterocycles. The van der Waals surface area contributed by atoms with Crippen molar-refractivity contribution in [3.05, 3.63) is 55.5 Å². The maximum absolute atomic E-state index is 13.9. The molecule has 2 rings (SSSR count). The fourth-order valence-electron chi connectivity index (χ4n) is 2.59. The zero-order valence-electron chi connectivity index (χ0n) is 14.5. The van der Waals surface area contributed by atoms with Gasteiger partial charge in [-0.15, -0.1) is 0 Å². The fourth-order valence-corrected chi connectivity index (χ4v) is 2.59. The number of benzene rings is 1. The molecule has 6 nitrogen and oxygen atoms in total. The van der Waals surface area contributed by atoms with E-state index >= 15 is 0 Å². The Morgan fingerprint density at radius 2 is 1.52 bits per heavy atom. The van der Waals surface area contributed by atoms with Gasteiger partial charge in [0, 0.05) is 25.7 Å². The van der Waals surface area contributed by atoms with Gasteiger partial charge < -0.3 is 10.6 Å². The number of hydrogen-bond acceptors (Lipinski definition) is 4. The highest BCUT2D eigenvalue weighted by Gasteiger charge is 2.27. The van der Waals surface area contributed by atoms with Crippen LogP contribution >= 0.6 is 0 Å². The van der Waals surface area contributed by atoms with Gasteiger partial charge in [-0.25, -0.2) is 26.7 Å². The first-order valence-corrected chi connectivity index (χ1v) is 7.95. The number of unbranched alkanes of at least 4 members (excludes halogenated alkanes) is 1. The number of aromatic nitrogens is 2. The molecule has 3 N–H and O–H groups in total. The van der Waals surface area contributed by atoms with Gasteiger partial charge in [-0.2, -0.15) is 0 Å². The molecule has 27 heavy (non-hydrogen) atoms. The van der Waals surface area contributed by atoms with Crippen LogP contribution in [-0.2, 0) is 13.1 Å². The first kappa shape index (κ1) is 20.5. The standard InChI is InChI=1S/C16H17F5N4O2/c1-3-4-5-25-14(22)13(15(26)23-16(25)27)24(2)6-7-8(17)10(19)12(21)11(20)9(7)18/h3-6,22H2,1-2H3,(H,23,26,27). The van der Waals surface area contributed by atoms with Crippen LogP contribution in [0.3, 0.4) is 0 Å². The third kappa shape index (κ3) is 3.67. The Balaban J connectivity index is 2.53. The van der Waals surface area contributed by atoms with E-state index < -0.39 is 52.4 Å². The molecule has 0 saturated carbocycles. The van der Waals surface area contributed by atoms with E-state index in [0.717, 1.165) is 15.9 Å². The van der Waals surface area contributed by atoms with Crippen molar-refractivity contribution >= 4 is 11.5 Å². The maximum Gasteiger partial charge on any atom is 0.330 e. The number of nitrogen functional groups attached to an aromatic ring is 1. The van der Waals surface area contributed by atoms with Gasteiger partial charge in [0.05, 0.1) is 0 Å². The third-order valence-corrected chi connectivity index (χ3v) is 4.03. The van der Waals surface area contributed by atoms with Gasteiger partial charge in [0.1, 0.15) is 11.5 Å². The molecule has 0 fully saturated rings. The van der Waals surface area contributed by atoms with E-state index in [1.165, 1.54) is 7.05 Å². The number of nitrogens with two attached hydrogens (primary N) is 1. The van der Waals surface area contributed by atoms with Crippen LogP contribution in [0, 0.1) is 29.1 Å². The molecule has 0 aliphatic heterocycles. The molecule has 1 aromatic carbocycles. The van der Waals surface area contributed by atoms with Crippen molar-refractivity contribution < 1.29 is 22.0 Å². The Morgan fingerprint density at radius 1 is 1.00 bits per heavy atom. The van der Waals surface area contributed by atoms with Gasteiger partial charge in [-0.3, -0.25) is 14.3 Å². The zero-order valence-corrected chi connectivity index (χ0v) is 14.5. The normalized spacial score (nSPS) is 11.1. The molecule has 0 radical (unpaired) electrons. The summed E-state index contributed by atoms with van der Waals surface area (Å²) >= 11 is 0. The molecule has 1 heterocycles. The molecule has 11 heteroatoms. The number of H-pyrrole nitrogens is 1. The minimum absolute atomic E-state index is 0.182. The Morgan fingerprint density at radius 3 is 2.04 bits per heavy atom. The minimum Gasteiger partial charge on any atom is -0.383 e. The van der Waals surface area contributed by atoms with Gasteiger partial charge in [-0.1, -0.05) is 13.3 Å². The molecule has 0 amide bonds. The van der Waals surface area contributed by atoms with Crippen molar-refractivity contribution in [1.82, 2.24) is 9.55 Å². The van der Waals surface area contributed by atoms with Crippen LogP contribution in [0.5, 0.6) is 0 Å². The molecule has 0 bridgehead atoms. The first-order chi connectivity index (χ1) is 12.6. The lowest BCUT2D eigenvalue weighted by Gasteiger charge is -2.22. The topological polar surface area (TPSA) is 84.1 Å². The van der Waals surface area contributed by atoms with E-state index in [1.54, 1.807) is 0 Å². The van der Waals surface area contributed by atoms with Crippen molar-refractivity contribution in [2.75, 3.05) is 17.7 Å². The number of halogens is 5. The summed E-state index contributed by atoms with van der Waals surface area (Å²) in [5, 5.41) is 0. The smallest absolute Gasteiger partial charge is 0.330 e. The Hall–Kier alpha value is -2.85. The summed E-state index contributed by atoms with van der Waals surface area (Å²) < 4.78 is 68.7. The third-order valence-electron chi connectivity index (χ3n) is 4.03. The van der Waals surface area contributed by atoms with Crippen molar-refractivity contribution in [1.29, 1.82) is 0 Å². The quantitative estimate of drug-likeness (QED) is 0.449. The summed E-state index contributed by atoms with van der Waals surface area (Å²) in [7, 11) is 1.17. The van der Waals surface area contributed by atoms with E-state index in [0.29, 0.717) is 6.42 Å². The molecule has 0 aliphatic carbocycles. The van der Waals surface area contributed by atoms with Crippen molar-refractivity contribution in [3.63, 3.8) is 0 Å². The van der Waals surface area contributed by atoms with Crippen molar-refractivity contribution in [3.8, 4) is 0 Å². The van der Waals surface area contributed by atoms with Crippen LogP contribution < -0.4 is 21.9 Å². The van der Waals surface area contributed by atoms with Crippen LogP contribution in [0.2, 0.25) is 0 Å². The summed E-state index contributed by atoms with van der Waals surface area (Å²) in [4.78, 5) is 26.9. The SMILES string of the molecule is CCCCn1c(N)c(N(C)Cc2c(F)c(F)c(F)c(F)c2F)c(=O)[nH]c1=O. The second kappa shape index (κ2) is 7.80. The van der Waals surface area contributed by atoms with E-state index in [2.05, 4.69) is 0 Å². The van der Waals surface area contributed by atoms with E-state index in [1.807, 2.05) is 11.9 Å². The summed E-state index contributed by atoms with van der Waals surface area (Å²) in [5.41, 5.74) is 2.68. The highest BCUT2D eigenvalue weighted by Crippen LogP contribution is 2.26. The predicted molar refractivity (Wildman–Crippen MR) is 89.0 cm³/mol. The van der Waals surface area contributed by atoms with Gasteiger partial charge in [0.15, 0.2) is 23.3 Å². The Kier molecular flexibility index (Phi) is 5.91. The van der Waals surface area contributed by atoms with Crippen LogP contribution in [0.25, 0.3) is 0 Å². The fraction of sp³-hybridized carbons (Fsp3) is 0.375. The average Bonchev–Trinajstić information content (AvgIpc) is 2.61. The van der Waals surface area contributed by atoms with E-state index in [4.69, 9.17) is 5.73 Å². The lowest BCUT2D eigenvalue weighted by atomic mass is 10.1. The number of nitrogens with one attached hydrogen (secondary N) is 1. The van der Waals surface area contributed by atoms with Crippen LogP contribution in [0.15, 0.2) is 9.59 Å². The van der Waals surface area contributed by atoms with Gasteiger partial charge in [-0.05, 0) is 6.42 Å².